The molecular formula is C19H19NO4. The minimum atomic E-state index is -0.825. The van der Waals surface area contributed by atoms with Gasteiger partial charge in [0, 0.05) is 18.9 Å². The highest BCUT2D eigenvalue weighted by molar-refractivity contribution is 5.98. The Morgan fingerprint density at radius 2 is 1.54 bits per heavy atom. The van der Waals surface area contributed by atoms with Crippen LogP contribution in [0.2, 0.25) is 0 Å². The zero-order valence-corrected chi connectivity index (χ0v) is 13.4. The van der Waals surface area contributed by atoms with E-state index in [2.05, 4.69) is 5.32 Å². The van der Waals surface area contributed by atoms with Crippen LogP contribution < -0.4 is 5.32 Å². The summed E-state index contributed by atoms with van der Waals surface area (Å²) in [6, 6.07) is 17.1. The lowest BCUT2D eigenvalue weighted by molar-refractivity contribution is -0.146. The molecule has 0 bridgehead atoms. The van der Waals surface area contributed by atoms with E-state index < -0.39 is 12.0 Å². The van der Waals surface area contributed by atoms with Crippen LogP contribution in [0, 0.1) is 0 Å². The number of ketones is 1. The molecule has 1 N–H and O–H groups in total. The average molecular weight is 325 g/mol. The highest BCUT2D eigenvalue weighted by Crippen LogP contribution is 2.06. The summed E-state index contributed by atoms with van der Waals surface area (Å²) >= 11 is 0. The third-order valence-corrected chi connectivity index (χ3v) is 3.39. The number of carbonyl (C=O) groups excluding carboxylic acids is 3. The van der Waals surface area contributed by atoms with Crippen LogP contribution in [0.4, 0.5) is 0 Å². The Hall–Kier alpha value is -2.95. The maximum absolute atomic E-state index is 12.2. The first kappa shape index (κ1) is 17.4. The first-order chi connectivity index (χ1) is 11.6. The number of nitrogens with one attached hydrogen (secondary N) is 1. The molecule has 1 atom stereocenters. The van der Waals surface area contributed by atoms with E-state index in [0.29, 0.717) is 12.0 Å². The maximum atomic E-state index is 12.2. The van der Waals surface area contributed by atoms with Crippen molar-refractivity contribution in [2.45, 2.75) is 19.4 Å². The molecule has 0 radical (unpaired) electrons. The molecule has 5 nitrogen and oxygen atoms in total. The van der Waals surface area contributed by atoms with Crippen molar-refractivity contribution in [3.8, 4) is 0 Å². The summed E-state index contributed by atoms with van der Waals surface area (Å²) in [6.45, 7) is 0.980. The van der Waals surface area contributed by atoms with Gasteiger partial charge in [-0.05, 0) is 5.56 Å². The van der Waals surface area contributed by atoms with Crippen LogP contribution in [0.15, 0.2) is 60.7 Å². The average Bonchev–Trinajstić information content (AvgIpc) is 2.60. The molecule has 0 heterocycles. The van der Waals surface area contributed by atoms with E-state index in [9.17, 15) is 14.4 Å². The van der Waals surface area contributed by atoms with Gasteiger partial charge in [-0.1, -0.05) is 60.7 Å². The third kappa shape index (κ3) is 5.35. The summed E-state index contributed by atoms with van der Waals surface area (Å²) in [6.07, 6.45) is 0.304. The monoisotopic (exact) mass is 325 g/mol. The van der Waals surface area contributed by atoms with E-state index in [0.717, 1.165) is 5.56 Å². The van der Waals surface area contributed by atoms with Crippen LogP contribution in [-0.4, -0.2) is 30.3 Å². The molecule has 0 aromatic heterocycles. The largest absolute Gasteiger partial charge is 0.456 e. The summed E-state index contributed by atoms with van der Waals surface area (Å²) in [5.41, 5.74) is 1.37. The SMILES string of the molecule is CC(=O)N[C@@H](Cc1ccccc1)C(=O)OCC(=O)c1ccccc1. The van der Waals surface area contributed by atoms with Crippen molar-refractivity contribution in [3.63, 3.8) is 0 Å². The van der Waals surface area contributed by atoms with Gasteiger partial charge in [-0.15, -0.1) is 0 Å². The standard InChI is InChI=1S/C19H19NO4/c1-14(21)20-17(12-15-8-4-2-5-9-15)19(23)24-13-18(22)16-10-6-3-7-11-16/h2-11,17H,12-13H2,1H3,(H,20,21)/t17-/m0/s1. The fraction of sp³-hybridized carbons (Fsp3) is 0.211. The lowest BCUT2D eigenvalue weighted by Crippen LogP contribution is -2.42. The Bertz CT molecular complexity index is 698. The fourth-order valence-electron chi connectivity index (χ4n) is 2.23. The molecule has 2 aromatic rings. The molecule has 0 aliphatic carbocycles. The molecule has 0 saturated heterocycles. The van der Waals surface area contributed by atoms with Gasteiger partial charge in [0.1, 0.15) is 6.04 Å². The summed E-state index contributed by atoms with van der Waals surface area (Å²) in [7, 11) is 0. The molecule has 24 heavy (non-hydrogen) atoms. The van der Waals surface area contributed by atoms with Gasteiger partial charge in [-0.25, -0.2) is 4.79 Å². The molecule has 124 valence electrons. The molecule has 0 unspecified atom stereocenters. The van der Waals surface area contributed by atoms with Crippen LogP contribution in [0.3, 0.4) is 0 Å². The van der Waals surface area contributed by atoms with Crippen molar-refractivity contribution >= 4 is 17.7 Å². The number of benzene rings is 2. The lowest BCUT2D eigenvalue weighted by atomic mass is 10.1. The first-order valence-corrected chi connectivity index (χ1v) is 7.62. The van der Waals surface area contributed by atoms with Gasteiger partial charge in [-0.2, -0.15) is 0 Å². The van der Waals surface area contributed by atoms with Gasteiger partial charge in [-0.3, -0.25) is 9.59 Å². The van der Waals surface area contributed by atoms with Crippen LogP contribution >= 0.6 is 0 Å². The van der Waals surface area contributed by atoms with Crippen LogP contribution in [0.1, 0.15) is 22.8 Å². The van der Waals surface area contributed by atoms with Crippen LogP contribution in [0.5, 0.6) is 0 Å². The summed E-state index contributed by atoms with van der Waals surface area (Å²) in [4.78, 5) is 35.5. The summed E-state index contributed by atoms with van der Waals surface area (Å²) in [5.74, 6) is -1.24. The Kier molecular flexibility index (Phi) is 6.25. The van der Waals surface area contributed by atoms with E-state index in [1.165, 1.54) is 6.92 Å². The molecule has 5 heteroatoms. The molecule has 0 fully saturated rings. The van der Waals surface area contributed by atoms with Crippen molar-refractivity contribution in [2.24, 2.45) is 0 Å². The molecular weight excluding hydrogens is 306 g/mol. The molecule has 0 spiro atoms. The molecule has 0 aliphatic heterocycles. The molecule has 2 aromatic carbocycles. The van der Waals surface area contributed by atoms with Gasteiger partial charge in [0.15, 0.2) is 12.4 Å². The predicted molar refractivity (Wildman–Crippen MR) is 89.5 cm³/mol. The van der Waals surface area contributed by atoms with Gasteiger partial charge in [0.05, 0.1) is 0 Å². The molecule has 0 saturated carbocycles. The van der Waals surface area contributed by atoms with Gasteiger partial charge < -0.3 is 10.1 Å². The van der Waals surface area contributed by atoms with Crippen molar-refractivity contribution in [2.75, 3.05) is 6.61 Å². The van der Waals surface area contributed by atoms with Gasteiger partial charge in [0.25, 0.3) is 0 Å². The zero-order valence-electron chi connectivity index (χ0n) is 13.4. The second kappa shape index (κ2) is 8.62. The van der Waals surface area contributed by atoms with Crippen LogP contribution in [-0.2, 0) is 20.7 Å². The highest BCUT2D eigenvalue weighted by atomic mass is 16.5. The number of carbonyl (C=O) groups is 3. The fourth-order valence-corrected chi connectivity index (χ4v) is 2.23. The Labute approximate surface area is 140 Å². The number of Topliss-reactive ketones (excluding diaryl/α,β-unsaturated/α-hetero) is 1. The number of ether oxygens (including phenoxy) is 1. The zero-order chi connectivity index (χ0) is 17.4. The second-order valence-electron chi connectivity index (χ2n) is 5.34. The summed E-state index contributed by atoms with van der Waals surface area (Å²) in [5, 5.41) is 2.57. The number of rotatable bonds is 7. The Morgan fingerprint density at radius 3 is 2.12 bits per heavy atom. The first-order valence-electron chi connectivity index (χ1n) is 7.62. The van der Waals surface area contributed by atoms with Crippen molar-refractivity contribution in [1.29, 1.82) is 0 Å². The molecule has 2 rings (SSSR count). The number of hydrogen-bond acceptors (Lipinski definition) is 4. The van der Waals surface area contributed by atoms with Gasteiger partial charge >= 0.3 is 5.97 Å². The minimum absolute atomic E-state index is 0.287. The Balaban J connectivity index is 1.97. The predicted octanol–water partition coefficient (Wildman–Crippen LogP) is 2.16. The number of esters is 1. The quantitative estimate of drug-likeness (QED) is 0.625. The Morgan fingerprint density at radius 1 is 0.958 bits per heavy atom. The second-order valence-corrected chi connectivity index (χ2v) is 5.34. The lowest BCUT2D eigenvalue weighted by Gasteiger charge is -2.16. The van der Waals surface area contributed by atoms with E-state index in [4.69, 9.17) is 4.74 Å². The number of amides is 1. The van der Waals surface area contributed by atoms with Crippen molar-refractivity contribution in [1.82, 2.24) is 5.32 Å². The molecule has 1 amide bonds. The number of hydrogen-bond donors (Lipinski definition) is 1. The van der Waals surface area contributed by atoms with Crippen molar-refractivity contribution < 1.29 is 19.1 Å². The smallest absolute Gasteiger partial charge is 0.329 e. The normalized spacial score (nSPS) is 11.4. The maximum Gasteiger partial charge on any atom is 0.329 e. The minimum Gasteiger partial charge on any atom is -0.456 e. The highest BCUT2D eigenvalue weighted by Gasteiger charge is 2.22. The van der Waals surface area contributed by atoms with E-state index in [-0.39, 0.29) is 18.3 Å². The van der Waals surface area contributed by atoms with E-state index in [1.54, 1.807) is 30.3 Å². The summed E-state index contributed by atoms with van der Waals surface area (Å²) < 4.78 is 5.09. The molecule has 0 aliphatic rings. The van der Waals surface area contributed by atoms with Crippen LogP contribution in [0.25, 0.3) is 0 Å². The van der Waals surface area contributed by atoms with E-state index in [1.807, 2.05) is 30.3 Å². The topological polar surface area (TPSA) is 72.5 Å². The van der Waals surface area contributed by atoms with Gasteiger partial charge in [0.2, 0.25) is 5.91 Å². The van der Waals surface area contributed by atoms with Crippen molar-refractivity contribution in [3.05, 3.63) is 71.8 Å². The third-order valence-electron chi connectivity index (χ3n) is 3.39. The van der Waals surface area contributed by atoms with E-state index >= 15 is 0 Å².